The van der Waals surface area contributed by atoms with Crippen LogP contribution in [0, 0.1) is 6.92 Å². The normalized spacial score (nSPS) is 11.3. The van der Waals surface area contributed by atoms with Crippen LogP contribution in [0.25, 0.3) is 5.76 Å². The molecule has 0 aromatic heterocycles. The zero-order valence-corrected chi connectivity index (χ0v) is 11.9. The van der Waals surface area contributed by atoms with E-state index in [9.17, 15) is 0 Å². The summed E-state index contributed by atoms with van der Waals surface area (Å²) in [6, 6.07) is 18.4. The van der Waals surface area contributed by atoms with Crippen LogP contribution < -0.4 is 0 Å². The lowest BCUT2D eigenvalue weighted by atomic mass is 10.1. The van der Waals surface area contributed by atoms with E-state index in [0.29, 0.717) is 6.61 Å². The van der Waals surface area contributed by atoms with Crippen LogP contribution in [0.2, 0.25) is 0 Å². The number of hydrogen-bond donors (Lipinski definition) is 0. The van der Waals surface area contributed by atoms with E-state index >= 15 is 0 Å². The first-order chi connectivity index (χ1) is 8.79. The number of aryl methyl sites for hydroxylation is 1. The average molecular weight is 303 g/mol. The number of halogens is 1. The number of benzene rings is 2. The van der Waals surface area contributed by atoms with E-state index in [4.69, 9.17) is 4.74 Å². The van der Waals surface area contributed by atoms with Crippen molar-refractivity contribution in [2.45, 2.75) is 13.5 Å². The van der Waals surface area contributed by atoms with E-state index in [1.165, 1.54) is 5.56 Å². The molecular formula is C16H15BrO. The second kappa shape index (κ2) is 6.41. The molecule has 0 saturated carbocycles. The van der Waals surface area contributed by atoms with Gasteiger partial charge in [0.05, 0.1) is 0 Å². The lowest BCUT2D eigenvalue weighted by Crippen LogP contribution is -1.93. The van der Waals surface area contributed by atoms with E-state index < -0.39 is 0 Å². The van der Waals surface area contributed by atoms with Gasteiger partial charge in [-0.15, -0.1) is 0 Å². The van der Waals surface area contributed by atoms with Gasteiger partial charge in [0.1, 0.15) is 12.4 Å². The van der Waals surface area contributed by atoms with Crippen molar-refractivity contribution in [2.24, 2.45) is 0 Å². The molecule has 92 valence electrons. The summed E-state index contributed by atoms with van der Waals surface area (Å²) in [5.74, 6) is 0.850. The molecule has 0 aliphatic rings. The molecule has 18 heavy (non-hydrogen) atoms. The zero-order valence-electron chi connectivity index (χ0n) is 10.3. The van der Waals surface area contributed by atoms with Crippen LogP contribution in [0.4, 0.5) is 0 Å². The molecule has 0 amide bonds. The highest BCUT2D eigenvalue weighted by Crippen LogP contribution is 2.20. The van der Waals surface area contributed by atoms with Crippen molar-refractivity contribution in [3.05, 3.63) is 76.3 Å². The Balaban J connectivity index is 2.07. The summed E-state index contributed by atoms with van der Waals surface area (Å²) in [6.45, 7) is 2.65. The minimum absolute atomic E-state index is 0.576. The third kappa shape index (κ3) is 3.47. The Kier molecular flexibility index (Phi) is 4.59. The smallest absolute Gasteiger partial charge is 0.133 e. The molecule has 0 N–H and O–H groups in total. The van der Waals surface area contributed by atoms with Gasteiger partial charge in [-0.1, -0.05) is 70.0 Å². The largest absolute Gasteiger partial charge is 0.488 e. The van der Waals surface area contributed by atoms with E-state index in [1.54, 1.807) is 0 Å². The van der Waals surface area contributed by atoms with Crippen LogP contribution in [-0.4, -0.2) is 0 Å². The van der Waals surface area contributed by atoms with Gasteiger partial charge < -0.3 is 4.74 Å². The van der Waals surface area contributed by atoms with E-state index in [0.717, 1.165) is 16.9 Å². The van der Waals surface area contributed by atoms with Gasteiger partial charge in [-0.3, -0.25) is 0 Å². The Morgan fingerprint density at radius 2 is 1.89 bits per heavy atom. The molecule has 2 heteroatoms. The Labute approximate surface area is 116 Å². The highest BCUT2D eigenvalue weighted by Gasteiger charge is 2.03. The molecule has 0 unspecified atom stereocenters. The van der Waals surface area contributed by atoms with Crippen molar-refractivity contribution in [3.63, 3.8) is 0 Å². The summed E-state index contributed by atoms with van der Waals surface area (Å²) in [5.41, 5.74) is 3.47. The average Bonchev–Trinajstić information content (AvgIpc) is 2.41. The second-order valence-corrected chi connectivity index (χ2v) is 4.57. The van der Waals surface area contributed by atoms with E-state index in [-0.39, 0.29) is 0 Å². The van der Waals surface area contributed by atoms with Gasteiger partial charge in [0.25, 0.3) is 0 Å². The summed E-state index contributed by atoms with van der Waals surface area (Å²) in [5, 5.41) is 0. The third-order valence-corrected chi connectivity index (χ3v) is 3.05. The molecule has 0 fully saturated rings. The fourth-order valence-corrected chi connectivity index (χ4v) is 2.11. The van der Waals surface area contributed by atoms with Gasteiger partial charge in [-0.2, -0.15) is 0 Å². The van der Waals surface area contributed by atoms with Crippen LogP contribution >= 0.6 is 15.9 Å². The molecule has 0 saturated heterocycles. The molecule has 0 heterocycles. The molecule has 0 spiro atoms. The minimum Gasteiger partial charge on any atom is -0.488 e. The van der Waals surface area contributed by atoms with Gasteiger partial charge >= 0.3 is 0 Å². The fraction of sp³-hybridized carbons (Fsp3) is 0.125. The predicted octanol–water partition coefficient (Wildman–Crippen LogP) is 4.91. The quantitative estimate of drug-likeness (QED) is 0.730. The Morgan fingerprint density at radius 1 is 1.11 bits per heavy atom. The van der Waals surface area contributed by atoms with Crippen molar-refractivity contribution in [1.29, 1.82) is 0 Å². The molecule has 1 nitrogen and oxygen atoms in total. The first kappa shape index (κ1) is 12.9. The topological polar surface area (TPSA) is 9.23 Å². The molecule has 0 radical (unpaired) electrons. The van der Waals surface area contributed by atoms with Crippen molar-refractivity contribution in [1.82, 2.24) is 0 Å². The molecule has 0 bridgehead atoms. The Hall–Kier alpha value is -1.54. The standard InChI is InChI=1S/C16H15BrO/c1-13-6-5-9-15(10-13)16(11-17)18-12-14-7-3-2-4-8-14/h2-11H,12H2,1H3. The number of ether oxygens (including phenoxy) is 1. The number of rotatable bonds is 4. The van der Waals surface area contributed by atoms with Crippen LogP contribution in [0.5, 0.6) is 0 Å². The van der Waals surface area contributed by atoms with E-state index in [2.05, 4.69) is 47.1 Å². The minimum atomic E-state index is 0.576. The first-order valence-electron chi connectivity index (χ1n) is 5.84. The predicted molar refractivity (Wildman–Crippen MR) is 79.3 cm³/mol. The van der Waals surface area contributed by atoms with E-state index in [1.807, 2.05) is 35.3 Å². The molecule has 0 aliphatic carbocycles. The first-order valence-corrected chi connectivity index (χ1v) is 6.75. The summed E-state index contributed by atoms with van der Waals surface area (Å²) in [7, 11) is 0. The van der Waals surface area contributed by atoms with Gasteiger partial charge in [0.15, 0.2) is 0 Å². The molecule has 0 atom stereocenters. The third-order valence-electron chi connectivity index (χ3n) is 2.64. The molecule has 0 aliphatic heterocycles. The maximum atomic E-state index is 5.83. The number of hydrogen-bond acceptors (Lipinski definition) is 1. The van der Waals surface area contributed by atoms with Crippen molar-refractivity contribution in [2.75, 3.05) is 0 Å². The zero-order chi connectivity index (χ0) is 12.8. The van der Waals surface area contributed by atoms with Crippen molar-refractivity contribution < 1.29 is 4.74 Å². The molecular weight excluding hydrogens is 288 g/mol. The molecule has 2 aromatic rings. The monoisotopic (exact) mass is 302 g/mol. The van der Waals surface area contributed by atoms with Gasteiger partial charge in [0, 0.05) is 10.5 Å². The summed E-state index contributed by atoms with van der Waals surface area (Å²) in [6.07, 6.45) is 0. The highest BCUT2D eigenvalue weighted by atomic mass is 79.9. The van der Waals surface area contributed by atoms with Crippen molar-refractivity contribution >= 4 is 21.7 Å². The van der Waals surface area contributed by atoms with Crippen molar-refractivity contribution in [3.8, 4) is 0 Å². The SMILES string of the molecule is Cc1cccc(C(=CBr)OCc2ccccc2)c1. The highest BCUT2D eigenvalue weighted by molar-refractivity contribution is 9.11. The fourth-order valence-electron chi connectivity index (χ4n) is 1.71. The lowest BCUT2D eigenvalue weighted by Gasteiger charge is -2.10. The Bertz CT molecular complexity index is 532. The van der Waals surface area contributed by atoms with Crippen LogP contribution in [0.15, 0.2) is 59.6 Å². The Morgan fingerprint density at radius 3 is 2.56 bits per heavy atom. The molecule has 2 aromatic carbocycles. The van der Waals surface area contributed by atoms with Crippen LogP contribution in [0.1, 0.15) is 16.7 Å². The van der Waals surface area contributed by atoms with Crippen LogP contribution in [-0.2, 0) is 11.3 Å². The lowest BCUT2D eigenvalue weighted by molar-refractivity contribution is 0.265. The summed E-state index contributed by atoms with van der Waals surface area (Å²) >= 11 is 3.36. The van der Waals surface area contributed by atoms with Gasteiger partial charge in [0.2, 0.25) is 0 Å². The van der Waals surface area contributed by atoms with Crippen LogP contribution in [0.3, 0.4) is 0 Å². The summed E-state index contributed by atoms with van der Waals surface area (Å²) in [4.78, 5) is 1.82. The summed E-state index contributed by atoms with van der Waals surface area (Å²) < 4.78 is 5.83. The maximum Gasteiger partial charge on any atom is 0.133 e. The molecule has 2 rings (SSSR count). The second-order valence-electron chi connectivity index (χ2n) is 4.12. The van der Waals surface area contributed by atoms with Gasteiger partial charge in [-0.25, -0.2) is 0 Å². The van der Waals surface area contributed by atoms with Gasteiger partial charge in [-0.05, 0) is 18.6 Å². The maximum absolute atomic E-state index is 5.83.